The topological polar surface area (TPSA) is 155 Å². The van der Waals surface area contributed by atoms with Crippen LogP contribution in [-0.4, -0.2) is 53.8 Å². The molecule has 0 aliphatic rings. The number of urea groups is 1. The first-order valence-electron chi connectivity index (χ1n) is 15.7. The lowest BCUT2D eigenvalue weighted by molar-refractivity contribution is -0.158. The Morgan fingerprint density at radius 2 is 1.26 bits per heavy atom. The van der Waals surface area contributed by atoms with Crippen LogP contribution in [0.5, 0.6) is 5.75 Å². The van der Waals surface area contributed by atoms with Gasteiger partial charge in [0.15, 0.2) is 0 Å². The second-order valence-electron chi connectivity index (χ2n) is 13.2. The number of carbonyl (C=O) groups excluding carboxylic acids is 4. The number of benzene rings is 2. The van der Waals surface area contributed by atoms with E-state index in [1.165, 1.54) is 5.56 Å². The van der Waals surface area contributed by atoms with E-state index in [-0.39, 0.29) is 25.9 Å². The van der Waals surface area contributed by atoms with Crippen LogP contribution in [0.3, 0.4) is 0 Å². The molecule has 0 bridgehead atoms. The van der Waals surface area contributed by atoms with Gasteiger partial charge >= 0.3 is 23.9 Å². The molecule has 0 aliphatic heterocycles. The third-order valence-electron chi connectivity index (χ3n) is 6.42. The monoisotopic (exact) mass is 641 g/mol. The summed E-state index contributed by atoms with van der Waals surface area (Å²) in [5, 5.41) is 5.18. The van der Waals surface area contributed by atoms with Crippen molar-refractivity contribution in [1.82, 2.24) is 10.6 Å². The number of nitrogens with one attached hydrogen (secondary N) is 2. The summed E-state index contributed by atoms with van der Waals surface area (Å²) < 4.78 is 22.2. The molecule has 0 saturated heterocycles. The molecule has 2 aromatic rings. The summed E-state index contributed by atoms with van der Waals surface area (Å²) in [5.74, 6) is -1.17. The number of carbonyl (C=O) groups is 4. The molecule has 4 N–H and O–H groups in total. The fraction of sp³-hybridized carbons (Fsp3) is 0.543. The number of nitrogens with two attached hydrogens (primary N) is 1. The molecule has 2 atom stereocenters. The number of hydrogen-bond acceptors (Lipinski definition) is 9. The van der Waals surface area contributed by atoms with Crippen LogP contribution >= 0.6 is 0 Å². The average molecular weight is 642 g/mol. The number of unbranched alkanes of at least 4 members (excludes halogenated alkanes) is 1. The molecule has 0 fully saturated rings. The second-order valence-corrected chi connectivity index (χ2v) is 13.2. The molecule has 0 heterocycles. The van der Waals surface area contributed by atoms with Gasteiger partial charge in [0.25, 0.3) is 0 Å². The second kappa shape index (κ2) is 18.1. The molecule has 46 heavy (non-hydrogen) atoms. The largest absolute Gasteiger partial charge is 0.489 e. The van der Waals surface area contributed by atoms with Gasteiger partial charge in [-0.25, -0.2) is 14.4 Å². The van der Waals surface area contributed by atoms with Crippen molar-refractivity contribution in [3.63, 3.8) is 0 Å². The predicted octanol–water partition coefficient (Wildman–Crippen LogP) is 5.25. The molecular weight excluding hydrogens is 590 g/mol. The highest BCUT2D eigenvalue weighted by Gasteiger charge is 2.30. The Morgan fingerprint density at radius 3 is 1.83 bits per heavy atom. The zero-order chi connectivity index (χ0) is 34.3. The van der Waals surface area contributed by atoms with Crippen LogP contribution in [0.1, 0.15) is 90.3 Å². The van der Waals surface area contributed by atoms with Crippen molar-refractivity contribution in [1.29, 1.82) is 0 Å². The van der Waals surface area contributed by atoms with Crippen molar-refractivity contribution in [2.75, 3.05) is 6.54 Å². The van der Waals surface area contributed by atoms with Crippen LogP contribution in [0.25, 0.3) is 0 Å². The molecular formula is C35H51N3O8. The van der Waals surface area contributed by atoms with Crippen molar-refractivity contribution >= 4 is 23.9 Å². The van der Waals surface area contributed by atoms with Crippen LogP contribution in [0.4, 0.5) is 4.79 Å². The molecule has 2 rings (SSSR count). The first-order valence-corrected chi connectivity index (χ1v) is 15.7. The van der Waals surface area contributed by atoms with E-state index < -0.39 is 47.2 Å². The maximum absolute atomic E-state index is 13.1. The van der Waals surface area contributed by atoms with Crippen LogP contribution in [-0.2, 0) is 41.8 Å². The number of esters is 3. The van der Waals surface area contributed by atoms with Crippen LogP contribution in [0.2, 0.25) is 0 Å². The SMILES string of the molecule is Cc1ccc(COc2ccc(COC(=O)C(CCCCN)NC(=O)NC(CCC(=O)OC(C)(C)C)C(=O)OC(C)(C)C)cc2)cc1. The van der Waals surface area contributed by atoms with Gasteiger partial charge in [0, 0.05) is 6.42 Å². The van der Waals surface area contributed by atoms with Gasteiger partial charge < -0.3 is 35.3 Å². The molecule has 11 heteroatoms. The lowest BCUT2D eigenvalue weighted by atomic mass is 10.1. The predicted molar refractivity (Wildman–Crippen MR) is 175 cm³/mol. The van der Waals surface area contributed by atoms with Crippen LogP contribution in [0.15, 0.2) is 48.5 Å². The summed E-state index contributed by atoms with van der Waals surface area (Å²) in [5.41, 5.74) is 7.09. The molecule has 11 nitrogen and oxygen atoms in total. The molecule has 2 amide bonds. The van der Waals surface area contributed by atoms with Gasteiger partial charge in [-0.3, -0.25) is 4.79 Å². The quantitative estimate of drug-likeness (QED) is 0.127. The summed E-state index contributed by atoms with van der Waals surface area (Å²) in [6, 6.07) is 12.4. The number of aryl methyl sites for hydroxylation is 1. The highest BCUT2D eigenvalue weighted by molar-refractivity contribution is 5.87. The first-order chi connectivity index (χ1) is 21.5. The maximum atomic E-state index is 13.1. The lowest BCUT2D eigenvalue weighted by Gasteiger charge is -2.26. The van der Waals surface area contributed by atoms with Gasteiger partial charge in [0.2, 0.25) is 0 Å². The molecule has 2 aromatic carbocycles. The summed E-state index contributed by atoms with van der Waals surface area (Å²) in [6.07, 6.45) is 1.32. The smallest absolute Gasteiger partial charge is 0.329 e. The first kappa shape index (κ1) is 38.1. The number of ether oxygens (including phenoxy) is 4. The van der Waals surface area contributed by atoms with E-state index in [0.29, 0.717) is 31.7 Å². The Morgan fingerprint density at radius 1 is 0.717 bits per heavy atom. The standard InChI is InChI=1S/C35H51N3O8/c1-24-11-13-25(14-12-24)22-43-27-17-15-26(16-18-27)23-44-31(40)28(10-8-9-21-36)37-33(42)38-29(32(41)46-35(5,6)7)19-20-30(39)45-34(2,3)4/h11-18,28-29H,8-10,19-23,36H2,1-7H3,(H2,37,38,42). The molecule has 0 aromatic heterocycles. The fourth-order valence-corrected chi connectivity index (χ4v) is 4.16. The normalized spacial score (nSPS) is 12.8. The van der Waals surface area contributed by atoms with E-state index in [9.17, 15) is 19.2 Å². The van der Waals surface area contributed by atoms with Crippen molar-refractivity contribution in [2.24, 2.45) is 5.73 Å². The fourth-order valence-electron chi connectivity index (χ4n) is 4.16. The van der Waals surface area contributed by atoms with Crippen molar-refractivity contribution in [2.45, 2.75) is 117 Å². The molecule has 2 unspecified atom stereocenters. The minimum Gasteiger partial charge on any atom is -0.489 e. The Hall–Kier alpha value is -4.12. The average Bonchev–Trinajstić information content (AvgIpc) is 2.96. The highest BCUT2D eigenvalue weighted by atomic mass is 16.6. The van der Waals surface area contributed by atoms with E-state index in [1.54, 1.807) is 65.8 Å². The van der Waals surface area contributed by atoms with E-state index in [0.717, 1.165) is 11.1 Å². The third-order valence-corrected chi connectivity index (χ3v) is 6.42. The lowest BCUT2D eigenvalue weighted by Crippen LogP contribution is -2.52. The zero-order valence-corrected chi connectivity index (χ0v) is 28.3. The van der Waals surface area contributed by atoms with Gasteiger partial charge in [-0.05, 0) is 104 Å². The van der Waals surface area contributed by atoms with Gasteiger partial charge in [0.05, 0.1) is 0 Å². The Labute approximate surface area is 272 Å². The Bertz CT molecular complexity index is 1260. The van der Waals surface area contributed by atoms with Crippen LogP contribution in [0, 0.1) is 6.92 Å². The van der Waals surface area contributed by atoms with Crippen molar-refractivity contribution < 1.29 is 38.1 Å². The Kier molecular flexibility index (Phi) is 15.0. The molecule has 0 aliphatic carbocycles. The van der Waals surface area contributed by atoms with Crippen molar-refractivity contribution in [3.05, 3.63) is 65.2 Å². The summed E-state index contributed by atoms with van der Waals surface area (Å²) in [4.78, 5) is 51.3. The van der Waals surface area contributed by atoms with E-state index in [4.69, 9.17) is 24.7 Å². The molecule has 254 valence electrons. The minimum absolute atomic E-state index is 0.00974. The summed E-state index contributed by atoms with van der Waals surface area (Å²) in [6.45, 7) is 13.2. The maximum Gasteiger partial charge on any atom is 0.329 e. The third kappa shape index (κ3) is 15.7. The zero-order valence-electron chi connectivity index (χ0n) is 28.3. The molecule has 0 radical (unpaired) electrons. The number of amides is 2. The summed E-state index contributed by atoms with van der Waals surface area (Å²) >= 11 is 0. The highest BCUT2D eigenvalue weighted by Crippen LogP contribution is 2.17. The van der Waals surface area contributed by atoms with E-state index >= 15 is 0 Å². The Balaban J connectivity index is 2.00. The minimum atomic E-state index is -1.15. The van der Waals surface area contributed by atoms with Crippen LogP contribution < -0.4 is 21.1 Å². The van der Waals surface area contributed by atoms with Gasteiger partial charge in [-0.1, -0.05) is 42.0 Å². The van der Waals surface area contributed by atoms with Gasteiger partial charge in [0.1, 0.15) is 42.2 Å². The van der Waals surface area contributed by atoms with E-state index in [2.05, 4.69) is 10.6 Å². The van der Waals surface area contributed by atoms with Gasteiger partial charge in [-0.2, -0.15) is 0 Å². The van der Waals surface area contributed by atoms with E-state index in [1.807, 2.05) is 31.2 Å². The van der Waals surface area contributed by atoms with Crippen molar-refractivity contribution in [3.8, 4) is 5.75 Å². The number of hydrogen-bond donors (Lipinski definition) is 3. The summed E-state index contributed by atoms with van der Waals surface area (Å²) in [7, 11) is 0. The number of rotatable bonds is 16. The molecule has 0 saturated carbocycles. The van der Waals surface area contributed by atoms with Gasteiger partial charge in [-0.15, -0.1) is 0 Å². The molecule has 0 spiro atoms.